The maximum atomic E-state index is 11.2. The molecule has 0 atom stereocenters. The van der Waals surface area contributed by atoms with Crippen molar-refractivity contribution in [2.75, 3.05) is 5.73 Å². The van der Waals surface area contributed by atoms with E-state index >= 15 is 0 Å². The van der Waals surface area contributed by atoms with Crippen molar-refractivity contribution in [3.8, 4) is 0 Å². The predicted molar refractivity (Wildman–Crippen MR) is 55.8 cm³/mol. The molecule has 0 bridgehead atoms. The minimum Gasteiger partial charge on any atom is -0.384 e. The van der Waals surface area contributed by atoms with Crippen LogP contribution in [0.4, 0.5) is 5.82 Å². The third-order valence-electron chi connectivity index (χ3n) is 2.40. The van der Waals surface area contributed by atoms with Crippen molar-refractivity contribution in [3.63, 3.8) is 0 Å². The fourth-order valence-electron chi connectivity index (χ4n) is 1.67. The summed E-state index contributed by atoms with van der Waals surface area (Å²) in [4.78, 5) is 11.2. The van der Waals surface area contributed by atoms with Crippen molar-refractivity contribution in [1.82, 2.24) is 4.57 Å². The van der Waals surface area contributed by atoms with Gasteiger partial charge in [0, 0.05) is 12.4 Å². The van der Waals surface area contributed by atoms with E-state index in [-0.39, 0.29) is 0 Å². The van der Waals surface area contributed by atoms with Crippen molar-refractivity contribution >= 4 is 22.6 Å². The largest absolute Gasteiger partial charge is 0.384 e. The normalized spacial score (nSPS) is 10.6. The Hall–Kier alpha value is -1.97. The summed E-state index contributed by atoms with van der Waals surface area (Å²) in [6.45, 7) is 0. The number of nitrogens with zero attached hydrogens (tertiary/aromatic N) is 1. The Morgan fingerprint density at radius 3 is 2.64 bits per heavy atom. The summed E-state index contributed by atoms with van der Waals surface area (Å²) in [5, 5.41) is 0.806. The maximum absolute atomic E-state index is 11.2. The van der Waals surface area contributed by atoms with Crippen molar-refractivity contribution in [2.24, 2.45) is 12.8 Å². The molecule has 1 amide bonds. The first kappa shape index (κ1) is 8.62. The number of fused-ring (bicyclic) bond motifs is 1. The number of carbonyl (C=O) groups excluding carboxylic acids is 1. The minimum atomic E-state index is -0.487. The second-order valence-electron chi connectivity index (χ2n) is 3.20. The minimum absolute atomic E-state index is 0.406. The zero-order valence-corrected chi connectivity index (χ0v) is 7.82. The van der Waals surface area contributed by atoms with Gasteiger partial charge in [-0.2, -0.15) is 0 Å². The quantitative estimate of drug-likeness (QED) is 0.698. The van der Waals surface area contributed by atoms with Crippen LogP contribution in [0, 0.1) is 0 Å². The SMILES string of the molecule is Cn1c(N)c(C(N)=O)c2ccccc21. The second-order valence-corrected chi connectivity index (χ2v) is 3.20. The van der Waals surface area contributed by atoms with E-state index in [4.69, 9.17) is 11.5 Å². The number of aromatic nitrogens is 1. The van der Waals surface area contributed by atoms with E-state index in [0.717, 1.165) is 10.9 Å². The van der Waals surface area contributed by atoms with Crippen LogP contribution < -0.4 is 11.5 Å². The van der Waals surface area contributed by atoms with Crippen LogP contribution in [0.3, 0.4) is 0 Å². The molecule has 4 nitrogen and oxygen atoms in total. The van der Waals surface area contributed by atoms with Gasteiger partial charge >= 0.3 is 0 Å². The average molecular weight is 189 g/mol. The molecule has 0 aliphatic rings. The number of amides is 1. The highest BCUT2D eigenvalue weighted by molar-refractivity contribution is 6.10. The zero-order chi connectivity index (χ0) is 10.3. The monoisotopic (exact) mass is 189 g/mol. The van der Waals surface area contributed by atoms with Gasteiger partial charge in [0.25, 0.3) is 5.91 Å². The molecule has 0 aliphatic carbocycles. The fourth-order valence-corrected chi connectivity index (χ4v) is 1.67. The third kappa shape index (κ3) is 0.970. The van der Waals surface area contributed by atoms with Crippen LogP contribution in [-0.2, 0) is 7.05 Å². The van der Waals surface area contributed by atoms with E-state index < -0.39 is 5.91 Å². The Bertz CT molecular complexity index is 513. The first-order valence-corrected chi connectivity index (χ1v) is 4.25. The van der Waals surface area contributed by atoms with Crippen LogP contribution in [0.5, 0.6) is 0 Å². The Morgan fingerprint density at radius 1 is 1.36 bits per heavy atom. The fraction of sp³-hybridized carbons (Fsp3) is 0.100. The Morgan fingerprint density at radius 2 is 2.00 bits per heavy atom. The van der Waals surface area contributed by atoms with Gasteiger partial charge in [-0.15, -0.1) is 0 Å². The summed E-state index contributed by atoms with van der Waals surface area (Å²) in [5.41, 5.74) is 12.4. The summed E-state index contributed by atoms with van der Waals surface area (Å²) in [5.74, 6) is -0.0713. The van der Waals surface area contributed by atoms with Crippen LogP contribution in [0.25, 0.3) is 10.9 Å². The average Bonchev–Trinajstić information content (AvgIpc) is 2.41. The van der Waals surface area contributed by atoms with E-state index in [1.807, 2.05) is 31.3 Å². The van der Waals surface area contributed by atoms with Gasteiger partial charge in [-0.1, -0.05) is 18.2 Å². The molecule has 2 rings (SSSR count). The molecule has 4 heteroatoms. The lowest BCUT2D eigenvalue weighted by Gasteiger charge is -1.97. The number of nitrogens with two attached hydrogens (primary N) is 2. The molecule has 0 unspecified atom stereocenters. The molecule has 1 aromatic carbocycles. The van der Waals surface area contributed by atoms with Gasteiger partial charge < -0.3 is 16.0 Å². The lowest BCUT2D eigenvalue weighted by molar-refractivity contribution is 0.100. The molecule has 14 heavy (non-hydrogen) atoms. The van der Waals surface area contributed by atoms with Crippen LogP contribution in [-0.4, -0.2) is 10.5 Å². The van der Waals surface area contributed by atoms with Gasteiger partial charge in [-0.25, -0.2) is 0 Å². The number of rotatable bonds is 1. The van der Waals surface area contributed by atoms with Crippen LogP contribution >= 0.6 is 0 Å². The molecule has 0 radical (unpaired) electrons. The smallest absolute Gasteiger partial charge is 0.253 e. The molecule has 2 aromatic rings. The molecule has 1 heterocycles. The Kier molecular flexibility index (Phi) is 1.70. The summed E-state index contributed by atoms with van der Waals surface area (Å²) >= 11 is 0. The molecule has 0 fully saturated rings. The molecule has 0 saturated carbocycles. The standard InChI is InChI=1S/C10H11N3O/c1-13-7-5-3-2-4-6(7)8(9(13)11)10(12)14/h2-5H,11H2,1H3,(H2,12,14). The number of benzene rings is 1. The molecule has 0 saturated heterocycles. The Labute approximate surface area is 81.1 Å². The summed E-state index contributed by atoms with van der Waals surface area (Å²) in [7, 11) is 1.81. The van der Waals surface area contributed by atoms with E-state index in [1.54, 1.807) is 4.57 Å². The van der Waals surface area contributed by atoms with Crippen LogP contribution in [0.15, 0.2) is 24.3 Å². The van der Waals surface area contributed by atoms with Crippen molar-refractivity contribution in [2.45, 2.75) is 0 Å². The molecule has 0 spiro atoms. The van der Waals surface area contributed by atoms with Crippen molar-refractivity contribution in [1.29, 1.82) is 0 Å². The summed E-state index contributed by atoms with van der Waals surface area (Å²) in [6.07, 6.45) is 0. The van der Waals surface area contributed by atoms with Gasteiger partial charge in [0.1, 0.15) is 5.82 Å². The number of hydrogen-bond acceptors (Lipinski definition) is 2. The molecule has 1 aromatic heterocycles. The highest BCUT2D eigenvalue weighted by Crippen LogP contribution is 2.26. The molecule has 0 aliphatic heterocycles. The molecule has 4 N–H and O–H groups in total. The molecular weight excluding hydrogens is 178 g/mol. The highest BCUT2D eigenvalue weighted by Gasteiger charge is 2.15. The lowest BCUT2D eigenvalue weighted by atomic mass is 10.1. The first-order valence-electron chi connectivity index (χ1n) is 4.25. The first-order chi connectivity index (χ1) is 6.63. The van der Waals surface area contributed by atoms with Crippen molar-refractivity contribution < 1.29 is 4.79 Å². The van der Waals surface area contributed by atoms with E-state index in [0.29, 0.717) is 11.4 Å². The zero-order valence-electron chi connectivity index (χ0n) is 7.82. The van der Waals surface area contributed by atoms with Gasteiger partial charge in [-0.05, 0) is 6.07 Å². The topological polar surface area (TPSA) is 74.0 Å². The summed E-state index contributed by atoms with van der Waals surface area (Å²) in [6, 6.07) is 7.49. The number of hydrogen-bond donors (Lipinski definition) is 2. The second kappa shape index (κ2) is 2.77. The maximum Gasteiger partial charge on any atom is 0.253 e. The number of aryl methyl sites for hydroxylation is 1. The van der Waals surface area contributed by atoms with Gasteiger partial charge in [-0.3, -0.25) is 4.79 Å². The number of nitrogen functional groups attached to an aromatic ring is 1. The number of para-hydroxylation sites is 1. The van der Waals surface area contributed by atoms with E-state index in [2.05, 4.69) is 0 Å². The number of anilines is 1. The molecule has 72 valence electrons. The Balaban J connectivity index is 2.95. The highest BCUT2D eigenvalue weighted by atomic mass is 16.1. The van der Waals surface area contributed by atoms with Crippen molar-refractivity contribution in [3.05, 3.63) is 29.8 Å². The lowest BCUT2D eigenvalue weighted by Crippen LogP contribution is -2.13. The number of carbonyl (C=O) groups is 1. The van der Waals surface area contributed by atoms with Gasteiger partial charge in [0.05, 0.1) is 11.1 Å². The number of primary amides is 1. The van der Waals surface area contributed by atoms with Gasteiger partial charge in [0.2, 0.25) is 0 Å². The van der Waals surface area contributed by atoms with Gasteiger partial charge in [0.15, 0.2) is 0 Å². The predicted octanol–water partition coefficient (Wildman–Crippen LogP) is 0.859. The van der Waals surface area contributed by atoms with E-state index in [9.17, 15) is 4.79 Å². The summed E-state index contributed by atoms with van der Waals surface area (Å²) < 4.78 is 1.76. The van der Waals surface area contributed by atoms with Crippen LogP contribution in [0.2, 0.25) is 0 Å². The van der Waals surface area contributed by atoms with E-state index in [1.165, 1.54) is 0 Å². The molecular formula is C10H11N3O. The van der Waals surface area contributed by atoms with Crippen LogP contribution in [0.1, 0.15) is 10.4 Å². The third-order valence-corrected chi connectivity index (χ3v) is 2.40.